The van der Waals surface area contributed by atoms with Crippen LogP contribution < -0.4 is 0 Å². The summed E-state index contributed by atoms with van der Waals surface area (Å²) in [4.78, 5) is 11.0. The second-order valence-electron chi connectivity index (χ2n) is 6.15. The summed E-state index contributed by atoms with van der Waals surface area (Å²) in [5.41, 5.74) is 0.365. The van der Waals surface area contributed by atoms with Gasteiger partial charge in [0.05, 0.1) is 18.1 Å². The Labute approximate surface area is 125 Å². The van der Waals surface area contributed by atoms with E-state index in [9.17, 15) is 4.79 Å². The van der Waals surface area contributed by atoms with Crippen molar-refractivity contribution in [1.82, 2.24) is 0 Å². The molecule has 21 heavy (non-hydrogen) atoms. The third kappa shape index (κ3) is 4.69. The van der Waals surface area contributed by atoms with Gasteiger partial charge < -0.3 is 14.6 Å². The largest absolute Gasteiger partial charge is 0.481 e. The van der Waals surface area contributed by atoms with Gasteiger partial charge in [0.2, 0.25) is 0 Å². The highest BCUT2D eigenvalue weighted by Crippen LogP contribution is 2.36. The Hall–Kier alpha value is -1.65. The Morgan fingerprint density at radius 2 is 2.00 bits per heavy atom. The molecule has 0 bridgehead atoms. The quantitative estimate of drug-likeness (QED) is 0.922. The number of carboxylic acids is 1. The molecule has 4 heteroatoms. The van der Waals surface area contributed by atoms with E-state index in [1.165, 1.54) is 0 Å². The average Bonchev–Trinajstić information content (AvgIpc) is 2.33. The number of rotatable bonds is 4. The van der Waals surface area contributed by atoms with Crippen LogP contribution >= 0.6 is 0 Å². The topological polar surface area (TPSA) is 55.8 Å². The molecule has 0 amide bonds. The zero-order valence-electron chi connectivity index (χ0n) is 12.7. The molecule has 114 valence electrons. The van der Waals surface area contributed by atoms with Crippen LogP contribution in [0.2, 0.25) is 0 Å². The normalized spacial score (nSPS) is 28.6. The Balaban J connectivity index is 2.12. The molecule has 1 N–H and O–H groups in total. The highest BCUT2D eigenvalue weighted by Gasteiger charge is 2.43. The molecular formula is C17H22O4. The van der Waals surface area contributed by atoms with Crippen LogP contribution in [0.3, 0.4) is 0 Å². The lowest BCUT2D eigenvalue weighted by Gasteiger charge is -2.45. The monoisotopic (exact) mass is 290 g/mol. The van der Waals surface area contributed by atoms with Gasteiger partial charge in [-0.1, -0.05) is 42.5 Å². The molecule has 4 nitrogen and oxygen atoms in total. The summed E-state index contributed by atoms with van der Waals surface area (Å²) < 4.78 is 11.7. The zero-order valence-corrected chi connectivity index (χ0v) is 12.7. The van der Waals surface area contributed by atoms with Gasteiger partial charge in [-0.05, 0) is 26.3 Å². The Bertz CT molecular complexity index is 521. The van der Waals surface area contributed by atoms with E-state index in [4.69, 9.17) is 14.6 Å². The molecule has 1 fully saturated rings. The fourth-order valence-corrected chi connectivity index (χ4v) is 2.81. The molecule has 1 aliphatic rings. The molecule has 0 spiro atoms. The van der Waals surface area contributed by atoms with Gasteiger partial charge in [0.25, 0.3) is 0 Å². The van der Waals surface area contributed by atoms with Crippen LogP contribution in [0.25, 0.3) is 6.08 Å². The molecule has 0 aliphatic carbocycles. The van der Waals surface area contributed by atoms with Crippen LogP contribution in [0.15, 0.2) is 36.4 Å². The first-order chi connectivity index (χ1) is 9.78. The van der Waals surface area contributed by atoms with Crippen LogP contribution in [0.1, 0.15) is 39.2 Å². The van der Waals surface area contributed by atoms with E-state index in [1.807, 2.05) is 63.3 Å². The summed E-state index contributed by atoms with van der Waals surface area (Å²) in [5.74, 6) is -1.66. The Morgan fingerprint density at radius 1 is 1.33 bits per heavy atom. The average molecular weight is 290 g/mol. The van der Waals surface area contributed by atoms with Crippen LogP contribution in [0, 0.1) is 0 Å². The van der Waals surface area contributed by atoms with E-state index < -0.39 is 17.4 Å². The first-order valence-electron chi connectivity index (χ1n) is 7.11. The molecule has 1 aliphatic heterocycles. The number of hydrogen-bond donors (Lipinski definition) is 1. The lowest BCUT2D eigenvalue weighted by atomic mass is 9.91. The van der Waals surface area contributed by atoms with Gasteiger partial charge in [-0.2, -0.15) is 0 Å². The summed E-state index contributed by atoms with van der Waals surface area (Å²) in [6, 6.07) is 9.94. The van der Waals surface area contributed by atoms with Crippen molar-refractivity contribution < 1.29 is 19.4 Å². The molecule has 0 radical (unpaired) electrons. The number of carbonyl (C=O) groups is 1. The van der Waals surface area contributed by atoms with Crippen LogP contribution in [-0.4, -0.2) is 28.6 Å². The number of ether oxygens (including phenoxy) is 2. The minimum atomic E-state index is -0.860. The van der Waals surface area contributed by atoms with Crippen molar-refractivity contribution >= 4 is 12.0 Å². The summed E-state index contributed by atoms with van der Waals surface area (Å²) in [6.07, 6.45) is 4.28. The Kier molecular flexibility index (Phi) is 4.49. The number of hydrogen-bond acceptors (Lipinski definition) is 3. The zero-order chi connectivity index (χ0) is 15.5. The van der Waals surface area contributed by atoms with E-state index in [0.717, 1.165) is 5.56 Å². The summed E-state index contributed by atoms with van der Waals surface area (Å²) in [5, 5.41) is 9.06. The molecule has 2 atom stereocenters. The van der Waals surface area contributed by atoms with Crippen molar-refractivity contribution in [2.45, 2.75) is 51.1 Å². The Morgan fingerprint density at radius 3 is 2.62 bits per heavy atom. The van der Waals surface area contributed by atoms with Crippen LogP contribution in [0.4, 0.5) is 0 Å². The molecule has 0 saturated carbocycles. The number of benzene rings is 1. The smallest absolute Gasteiger partial charge is 0.306 e. The van der Waals surface area contributed by atoms with Gasteiger partial charge >= 0.3 is 5.97 Å². The second kappa shape index (κ2) is 6.00. The van der Waals surface area contributed by atoms with E-state index in [2.05, 4.69) is 0 Å². The van der Waals surface area contributed by atoms with E-state index in [-0.39, 0.29) is 12.5 Å². The predicted molar refractivity (Wildman–Crippen MR) is 80.8 cm³/mol. The standard InChI is InChI=1S/C17H22O4/c1-16(2)20-14(10-9-13-7-5-4-6-8-13)11-17(3,21-16)12-15(18)19/h4-10,14H,11-12H2,1-3H3,(H,18,19). The van der Waals surface area contributed by atoms with Crippen LogP contribution in [0.5, 0.6) is 0 Å². The van der Waals surface area contributed by atoms with Crippen molar-refractivity contribution in [2.24, 2.45) is 0 Å². The van der Waals surface area contributed by atoms with Gasteiger partial charge in [-0.3, -0.25) is 4.79 Å². The van der Waals surface area contributed by atoms with Gasteiger partial charge in [-0.15, -0.1) is 0 Å². The number of aliphatic carboxylic acids is 1. The van der Waals surface area contributed by atoms with Gasteiger partial charge in [0.1, 0.15) is 0 Å². The van der Waals surface area contributed by atoms with Crippen LogP contribution in [-0.2, 0) is 14.3 Å². The summed E-state index contributed by atoms with van der Waals surface area (Å²) in [6.45, 7) is 5.46. The molecule has 1 aromatic carbocycles. The first kappa shape index (κ1) is 15.7. The van der Waals surface area contributed by atoms with Crippen molar-refractivity contribution in [2.75, 3.05) is 0 Å². The van der Waals surface area contributed by atoms with E-state index in [0.29, 0.717) is 6.42 Å². The minimum Gasteiger partial charge on any atom is -0.481 e. The maximum Gasteiger partial charge on any atom is 0.306 e. The third-order valence-electron chi connectivity index (χ3n) is 3.39. The highest BCUT2D eigenvalue weighted by molar-refractivity contribution is 5.68. The fourth-order valence-electron chi connectivity index (χ4n) is 2.81. The maximum atomic E-state index is 11.0. The van der Waals surface area contributed by atoms with Gasteiger partial charge in [0, 0.05) is 6.42 Å². The lowest BCUT2D eigenvalue weighted by Crippen LogP contribution is -2.51. The first-order valence-corrected chi connectivity index (χ1v) is 7.11. The maximum absolute atomic E-state index is 11.0. The van der Waals surface area contributed by atoms with Gasteiger partial charge in [0.15, 0.2) is 5.79 Å². The predicted octanol–water partition coefficient (Wildman–Crippen LogP) is 3.47. The van der Waals surface area contributed by atoms with Crippen molar-refractivity contribution in [3.8, 4) is 0 Å². The van der Waals surface area contributed by atoms with E-state index >= 15 is 0 Å². The SMILES string of the molecule is CC1(CC(=O)O)CC(C=Cc2ccccc2)OC(C)(C)O1. The lowest BCUT2D eigenvalue weighted by molar-refractivity contribution is -0.321. The van der Waals surface area contributed by atoms with Crippen molar-refractivity contribution in [3.05, 3.63) is 42.0 Å². The van der Waals surface area contributed by atoms with Crippen molar-refractivity contribution in [1.29, 1.82) is 0 Å². The van der Waals surface area contributed by atoms with Crippen molar-refractivity contribution in [3.63, 3.8) is 0 Å². The highest BCUT2D eigenvalue weighted by atomic mass is 16.7. The molecule has 1 heterocycles. The minimum absolute atomic E-state index is 0.0323. The molecule has 0 aromatic heterocycles. The second-order valence-corrected chi connectivity index (χ2v) is 6.15. The molecule has 2 unspecified atom stereocenters. The van der Waals surface area contributed by atoms with Gasteiger partial charge in [-0.25, -0.2) is 0 Å². The summed E-state index contributed by atoms with van der Waals surface area (Å²) >= 11 is 0. The number of carboxylic acid groups (broad SMARTS) is 1. The molecular weight excluding hydrogens is 268 g/mol. The summed E-state index contributed by atoms with van der Waals surface area (Å²) in [7, 11) is 0. The fraction of sp³-hybridized carbons (Fsp3) is 0.471. The van der Waals surface area contributed by atoms with E-state index in [1.54, 1.807) is 0 Å². The third-order valence-corrected chi connectivity index (χ3v) is 3.39. The molecule has 1 saturated heterocycles. The molecule has 1 aromatic rings. The molecule has 2 rings (SSSR count).